The first-order chi connectivity index (χ1) is 7.06. The van der Waals surface area contributed by atoms with Crippen LogP contribution in [0.1, 0.15) is 31.9 Å². The molecule has 0 aliphatic rings. The minimum atomic E-state index is -0.129. The maximum atomic E-state index is 9.77. The summed E-state index contributed by atoms with van der Waals surface area (Å²) in [5.41, 5.74) is 7.55. The molecule has 0 bridgehead atoms. The van der Waals surface area contributed by atoms with E-state index in [-0.39, 0.29) is 11.8 Å². The van der Waals surface area contributed by atoms with Gasteiger partial charge in [0.05, 0.1) is 0 Å². The van der Waals surface area contributed by atoms with E-state index in [2.05, 4.69) is 11.8 Å². The Morgan fingerprint density at radius 2 is 2.13 bits per heavy atom. The Morgan fingerprint density at radius 1 is 1.47 bits per heavy atom. The molecule has 1 aromatic carbocycles. The van der Waals surface area contributed by atoms with Gasteiger partial charge >= 0.3 is 0 Å². The first-order valence-corrected chi connectivity index (χ1v) is 5.36. The molecule has 0 saturated carbocycles. The van der Waals surface area contributed by atoms with Crippen molar-refractivity contribution >= 4 is 5.69 Å². The lowest BCUT2D eigenvalue weighted by atomic mass is 10.1. The van der Waals surface area contributed by atoms with E-state index >= 15 is 0 Å². The van der Waals surface area contributed by atoms with Gasteiger partial charge in [-0.05, 0) is 19.4 Å². The van der Waals surface area contributed by atoms with E-state index in [4.69, 9.17) is 5.73 Å². The zero-order chi connectivity index (χ0) is 11.4. The average molecular weight is 208 g/mol. The Balaban J connectivity index is 2.91. The van der Waals surface area contributed by atoms with Crippen LogP contribution >= 0.6 is 0 Å². The van der Waals surface area contributed by atoms with Crippen LogP contribution in [-0.2, 0) is 0 Å². The fraction of sp³-hybridized carbons (Fsp3) is 0.500. The molecule has 0 saturated heterocycles. The SMILES string of the molecule is CCCN(C)c1ccc(C(C)N)c(O)c1. The summed E-state index contributed by atoms with van der Waals surface area (Å²) in [6.07, 6.45) is 1.09. The Labute approximate surface area is 91.5 Å². The zero-order valence-electron chi connectivity index (χ0n) is 9.70. The van der Waals surface area contributed by atoms with Gasteiger partial charge in [-0.25, -0.2) is 0 Å². The molecule has 1 rings (SSSR count). The van der Waals surface area contributed by atoms with Gasteiger partial charge in [-0.3, -0.25) is 0 Å². The van der Waals surface area contributed by atoms with Crippen LogP contribution in [0, 0.1) is 0 Å². The smallest absolute Gasteiger partial charge is 0.122 e. The van der Waals surface area contributed by atoms with Gasteiger partial charge in [0.25, 0.3) is 0 Å². The van der Waals surface area contributed by atoms with Gasteiger partial charge in [-0.1, -0.05) is 13.0 Å². The van der Waals surface area contributed by atoms with Crippen LogP contribution in [0.25, 0.3) is 0 Å². The zero-order valence-corrected chi connectivity index (χ0v) is 9.70. The number of hydrogen-bond acceptors (Lipinski definition) is 3. The van der Waals surface area contributed by atoms with Gasteiger partial charge in [0.15, 0.2) is 0 Å². The van der Waals surface area contributed by atoms with Crippen LogP contribution in [0.2, 0.25) is 0 Å². The van der Waals surface area contributed by atoms with Crippen molar-refractivity contribution in [2.45, 2.75) is 26.3 Å². The van der Waals surface area contributed by atoms with E-state index in [1.807, 2.05) is 26.1 Å². The van der Waals surface area contributed by atoms with E-state index < -0.39 is 0 Å². The fourth-order valence-electron chi connectivity index (χ4n) is 1.62. The van der Waals surface area contributed by atoms with Crippen molar-refractivity contribution in [3.8, 4) is 5.75 Å². The number of rotatable bonds is 4. The van der Waals surface area contributed by atoms with Crippen LogP contribution in [0.5, 0.6) is 5.75 Å². The normalized spacial score (nSPS) is 12.5. The molecule has 1 aromatic rings. The quantitative estimate of drug-likeness (QED) is 0.798. The van der Waals surface area contributed by atoms with Crippen LogP contribution in [0.3, 0.4) is 0 Å². The van der Waals surface area contributed by atoms with Gasteiger partial charge in [0.1, 0.15) is 5.75 Å². The molecule has 0 aliphatic heterocycles. The lowest BCUT2D eigenvalue weighted by Crippen LogP contribution is -2.17. The van der Waals surface area contributed by atoms with Gasteiger partial charge < -0.3 is 15.7 Å². The minimum Gasteiger partial charge on any atom is -0.508 e. The van der Waals surface area contributed by atoms with Gasteiger partial charge in [0.2, 0.25) is 0 Å². The third-order valence-electron chi connectivity index (χ3n) is 2.50. The predicted molar refractivity (Wildman–Crippen MR) is 64.3 cm³/mol. The molecule has 0 aromatic heterocycles. The number of nitrogens with zero attached hydrogens (tertiary/aromatic N) is 1. The maximum Gasteiger partial charge on any atom is 0.122 e. The third-order valence-corrected chi connectivity index (χ3v) is 2.50. The minimum absolute atomic E-state index is 0.129. The van der Waals surface area contributed by atoms with E-state index in [1.165, 1.54) is 0 Å². The standard InChI is InChI=1S/C12H20N2O/c1-4-7-14(3)10-5-6-11(9(2)13)12(15)8-10/h5-6,8-9,15H,4,7,13H2,1-3H3. The molecule has 3 nitrogen and oxygen atoms in total. The summed E-state index contributed by atoms with van der Waals surface area (Å²) >= 11 is 0. The van der Waals surface area contributed by atoms with Crippen LogP contribution in [0.4, 0.5) is 5.69 Å². The molecule has 1 unspecified atom stereocenters. The summed E-state index contributed by atoms with van der Waals surface area (Å²) in [6.45, 7) is 4.98. The number of anilines is 1. The first-order valence-electron chi connectivity index (χ1n) is 5.36. The Morgan fingerprint density at radius 3 is 2.60 bits per heavy atom. The van der Waals surface area contributed by atoms with Crippen LogP contribution < -0.4 is 10.6 Å². The average Bonchev–Trinajstić information content (AvgIpc) is 2.17. The lowest BCUT2D eigenvalue weighted by molar-refractivity contribution is 0.464. The molecular formula is C12H20N2O. The van der Waals surface area contributed by atoms with Gasteiger partial charge in [-0.2, -0.15) is 0 Å². The highest BCUT2D eigenvalue weighted by molar-refractivity contribution is 5.53. The summed E-state index contributed by atoms with van der Waals surface area (Å²) in [4.78, 5) is 2.12. The fourth-order valence-corrected chi connectivity index (χ4v) is 1.62. The molecule has 84 valence electrons. The summed E-state index contributed by atoms with van der Waals surface area (Å²) in [5, 5.41) is 9.77. The number of hydrogen-bond donors (Lipinski definition) is 2. The van der Waals surface area contributed by atoms with Gasteiger partial charge in [-0.15, -0.1) is 0 Å². The van der Waals surface area contributed by atoms with Crippen molar-refractivity contribution in [3.05, 3.63) is 23.8 Å². The van der Waals surface area contributed by atoms with Crippen LogP contribution in [0.15, 0.2) is 18.2 Å². The molecule has 0 heterocycles. The molecule has 0 radical (unpaired) electrons. The summed E-state index contributed by atoms with van der Waals surface area (Å²) in [6, 6.07) is 5.53. The van der Waals surface area contributed by atoms with Crippen molar-refractivity contribution in [1.82, 2.24) is 0 Å². The van der Waals surface area contributed by atoms with E-state index in [9.17, 15) is 5.11 Å². The number of phenolic OH excluding ortho intramolecular Hbond substituents is 1. The molecule has 1 atom stereocenters. The number of nitrogens with two attached hydrogens (primary N) is 1. The Kier molecular flexibility index (Phi) is 3.97. The predicted octanol–water partition coefficient (Wildman–Crippen LogP) is 2.26. The molecule has 3 heteroatoms. The molecule has 3 N–H and O–H groups in total. The van der Waals surface area contributed by atoms with Crippen LogP contribution in [-0.4, -0.2) is 18.7 Å². The molecular weight excluding hydrogens is 188 g/mol. The second kappa shape index (κ2) is 5.03. The highest BCUT2D eigenvalue weighted by atomic mass is 16.3. The molecule has 0 amide bonds. The topological polar surface area (TPSA) is 49.5 Å². The van der Waals surface area contributed by atoms with Crippen molar-refractivity contribution < 1.29 is 5.11 Å². The monoisotopic (exact) mass is 208 g/mol. The highest BCUT2D eigenvalue weighted by Gasteiger charge is 2.08. The van der Waals surface area contributed by atoms with Crippen molar-refractivity contribution in [2.24, 2.45) is 5.73 Å². The molecule has 0 aliphatic carbocycles. The Bertz CT molecular complexity index is 323. The lowest BCUT2D eigenvalue weighted by Gasteiger charge is -2.19. The molecule has 0 fully saturated rings. The molecule has 0 spiro atoms. The first kappa shape index (κ1) is 11.9. The van der Waals surface area contributed by atoms with E-state index in [0.29, 0.717) is 0 Å². The van der Waals surface area contributed by atoms with Crippen molar-refractivity contribution in [1.29, 1.82) is 0 Å². The second-order valence-electron chi connectivity index (χ2n) is 3.95. The number of phenols is 1. The third kappa shape index (κ3) is 2.86. The second-order valence-corrected chi connectivity index (χ2v) is 3.95. The highest BCUT2D eigenvalue weighted by Crippen LogP contribution is 2.27. The summed E-state index contributed by atoms with van der Waals surface area (Å²) in [5.74, 6) is 0.283. The molecule has 15 heavy (non-hydrogen) atoms. The Hall–Kier alpha value is -1.22. The van der Waals surface area contributed by atoms with Crippen molar-refractivity contribution in [3.63, 3.8) is 0 Å². The summed E-state index contributed by atoms with van der Waals surface area (Å²) < 4.78 is 0. The summed E-state index contributed by atoms with van der Waals surface area (Å²) in [7, 11) is 2.02. The van der Waals surface area contributed by atoms with E-state index in [0.717, 1.165) is 24.2 Å². The largest absolute Gasteiger partial charge is 0.508 e. The van der Waals surface area contributed by atoms with Gasteiger partial charge in [0, 0.05) is 37.0 Å². The van der Waals surface area contributed by atoms with Crippen molar-refractivity contribution in [2.75, 3.05) is 18.5 Å². The number of benzene rings is 1. The van der Waals surface area contributed by atoms with E-state index in [1.54, 1.807) is 6.07 Å². The maximum absolute atomic E-state index is 9.77. The number of aromatic hydroxyl groups is 1.